The second kappa shape index (κ2) is 10.1. The third kappa shape index (κ3) is 6.56. The molecule has 0 spiro atoms. The first-order valence-electron chi connectivity index (χ1n) is 8.53. The fraction of sp³-hybridized carbons (Fsp3) is 0.250. The number of carboxylic acid groups (broad SMARTS) is 1. The Hall–Kier alpha value is -3.19. The zero-order chi connectivity index (χ0) is 19.6. The van der Waals surface area contributed by atoms with Gasteiger partial charge in [-0.05, 0) is 17.5 Å². The van der Waals surface area contributed by atoms with Gasteiger partial charge in [-0.1, -0.05) is 60.7 Å². The van der Waals surface area contributed by atoms with E-state index in [9.17, 15) is 14.4 Å². The van der Waals surface area contributed by atoms with Gasteiger partial charge >= 0.3 is 5.97 Å². The number of benzene rings is 2. The second-order valence-electron chi connectivity index (χ2n) is 6.20. The summed E-state index contributed by atoms with van der Waals surface area (Å²) in [6, 6.07) is 17.2. The highest BCUT2D eigenvalue weighted by Crippen LogP contribution is 2.20. The summed E-state index contributed by atoms with van der Waals surface area (Å²) >= 11 is 0. The lowest BCUT2D eigenvalue weighted by molar-refractivity contribution is -0.138. The van der Waals surface area contributed by atoms with Gasteiger partial charge in [-0.3, -0.25) is 19.6 Å². The molecular weight excluding hydrogens is 348 g/mol. The van der Waals surface area contributed by atoms with Crippen LogP contribution < -0.4 is 10.8 Å². The van der Waals surface area contributed by atoms with E-state index in [0.717, 1.165) is 5.56 Å². The van der Waals surface area contributed by atoms with Gasteiger partial charge in [0.2, 0.25) is 11.8 Å². The number of carboxylic acids is 1. The number of rotatable bonds is 9. The van der Waals surface area contributed by atoms with Crippen LogP contribution in [0.2, 0.25) is 0 Å². The minimum atomic E-state index is -1.04. The minimum absolute atomic E-state index is 0.216. The van der Waals surface area contributed by atoms with E-state index in [2.05, 4.69) is 5.32 Å². The maximum atomic E-state index is 12.8. The molecule has 0 saturated carbocycles. The van der Waals surface area contributed by atoms with Gasteiger partial charge in [0.05, 0.1) is 18.4 Å². The summed E-state index contributed by atoms with van der Waals surface area (Å²) in [4.78, 5) is 35.6. The van der Waals surface area contributed by atoms with E-state index in [4.69, 9.17) is 10.3 Å². The third-order valence-electron chi connectivity index (χ3n) is 4.15. The molecule has 0 aliphatic heterocycles. The van der Waals surface area contributed by atoms with E-state index in [0.29, 0.717) is 5.56 Å². The van der Waals surface area contributed by atoms with E-state index in [1.54, 1.807) is 35.8 Å². The number of nitrogens with one attached hydrogen (secondary N) is 2. The second-order valence-corrected chi connectivity index (χ2v) is 6.20. The first-order chi connectivity index (χ1) is 13.0. The smallest absolute Gasteiger partial charge is 0.305 e. The van der Waals surface area contributed by atoms with Crippen molar-refractivity contribution in [3.05, 3.63) is 71.8 Å². The Morgan fingerprint density at radius 2 is 1.48 bits per heavy atom. The average Bonchev–Trinajstić information content (AvgIpc) is 2.68. The van der Waals surface area contributed by atoms with Crippen molar-refractivity contribution in [1.82, 2.24) is 10.8 Å². The van der Waals surface area contributed by atoms with Crippen molar-refractivity contribution in [2.24, 2.45) is 5.92 Å². The molecule has 4 N–H and O–H groups in total. The first-order valence-corrected chi connectivity index (χ1v) is 8.53. The summed E-state index contributed by atoms with van der Waals surface area (Å²) in [6.07, 6.45) is -0.208. The van der Waals surface area contributed by atoms with E-state index >= 15 is 0 Å². The normalized spacial score (nSPS) is 12.6. The van der Waals surface area contributed by atoms with Crippen molar-refractivity contribution in [2.75, 3.05) is 0 Å². The van der Waals surface area contributed by atoms with Crippen LogP contribution in [0, 0.1) is 5.92 Å². The molecule has 0 saturated heterocycles. The van der Waals surface area contributed by atoms with Crippen LogP contribution in [0.5, 0.6) is 0 Å². The molecule has 0 fully saturated rings. The highest BCUT2D eigenvalue weighted by Gasteiger charge is 2.26. The Kier molecular flexibility index (Phi) is 7.51. The molecule has 142 valence electrons. The number of aliphatic carboxylic acids is 1. The topological polar surface area (TPSA) is 116 Å². The Morgan fingerprint density at radius 1 is 0.889 bits per heavy atom. The number of hydrogen-bond donors (Lipinski definition) is 4. The molecule has 2 rings (SSSR count). The predicted molar refractivity (Wildman–Crippen MR) is 97.8 cm³/mol. The SMILES string of the molecule is O=C(O)CC(NC(=O)C(CC(=O)NO)Cc1ccccc1)c1ccccc1. The van der Waals surface area contributed by atoms with Gasteiger partial charge in [0.1, 0.15) is 0 Å². The molecule has 2 aromatic carbocycles. The fourth-order valence-electron chi connectivity index (χ4n) is 2.83. The molecule has 7 nitrogen and oxygen atoms in total. The zero-order valence-electron chi connectivity index (χ0n) is 14.7. The molecule has 2 aromatic rings. The number of amides is 2. The van der Waals surface area contributed by atoms with Gasteiger partial charge in [0.25, 0.3) is 0 Å². The van der Waals surface area contributed by atoms with Crippen molar-refractivity contribution >= 4 is 17.8 Å². The van der Waals surface area contributed by atoms with Crippen LogP contribution >= 0.6 is 0 Å². The lowest BCUT2D eigenvalue weighted by Crippen LogP contribution is -2.38. The fourth-order valence-corrected chi connectivity index (χ4v) is 2.83. The molecule has 2 unspecified atom stereocenters. The number of hydroxylamine groups is 1. The Morgan fingerprint density at radius 3 is 2.04 bits per heavy atom. The lowest BCUT2D eigenvalue weighted by Gasteiger charge is -2.22. The number of hydrogen-bond acceptors (Lipinski definition) is 4. The molecule has 0 aliphatic rings. The number of carbonyl (C=O) groups is 3. The van der Waals surface area contributed by atoms with E-state index in [1.165, 1.54) is 0 Å². The van der Waals surface area contributed by atoms with Crippen LogP contribution in [0.15, 0.2) is 60.7 Å². The van der Waals surface area contributed by atoms with Crippen molar-refractivity contribution in [2.45, 2.75) is 25.3 Å². The van der Waals surface area contributed by atoms with Crippen molar-refractivity contribution in [3.63, 3.8) is 0 Å². The summed E-state index contributed by atoms with van der Waals surface area (Å²) in [5, 5.41) is 20.7. The standard InChI is InChI=1S/C20H22N2O5/c23-18(22-27)12-16(11-14-7-3-1-4-8-14)20(26)21-17(13-19(24)25)15-9-5-2-6-10-15/h1-10,16-17,27H,11-13H2,(H,21,26)(H,22,23)(H,24,25). The summed E-state index contributed by atoms with van der Waals surface area (Å²) in [5.41, 5.74) is 3.06. The summed E-state index contributed by atoms with van der Waals surface area (Å²) in [7, 11) is 0. The van der Waals surface area contributed by atoms with Crippen molar-refractivity contribution in [3.8, 4) is 0 Å². The largest absolute Gasteiger partial charge is 0.481 e. The van der Waals surface area contributed by atoms with Gasteiger partial charge in [0.15, 0.2) is 0 Å². The van der Waals surface area contributed by atoms with Gasteiger partial charge in [-0.15, -0.1) is 0 Å². The quantitative estimate of drug-likeness (QED) is 0.398. The van der Waals surface area contributed by atoms with Gasteiger partial charge in [-0.2, -0.15) is 0 Å². The highest BCUT2D eigenvalue weighted by molar-refractivity contribution is 5.86. The van der Waals surface area contributed by atoms with Crippen molar-refractivity contribution in [1.29, 1.82) is 0 Å². The third-order valence-corrected chi connectivity index (χ3v) is 4.15. The van der Waals surface area contributed by atoms with Crippen LogP contribution in [-0.4, -0.2) is 28.1 Å². The van der Waals surface area contributed by atoms with E-state index < -0.39 is 29.7 Å². The molecule has 2 amide bonds. The van der Waals surface area contributed by atoms with Crippen molar-refractivity contribution < 1.29 is 24.7 Å². The monoisotopic (exact) mass is 370 g/mol. The van der Waals surface area contributed by atoms with Crippen LogP contribution in [0.4, 0.5) is 0 Å². The Balaban J connectivity index is 2.18. The molecule has 2 atom stereocenters. The van der Waals surface area contributed by atoms with Crippen LogP contribution in [0.25, 0.3) is 0 Å². The Labute approximate surface area is 157 Å². The predicted octanol–water partition coefficient (Wildman–Crippen LogP) is 2.07. The van der Waals surface area contributed by atoms with E-state index in [-0.39, 0.29) is 19.3 Å². The van der Waals surface area contributed by atoms with Crippen LogP contribution in [-0.2, 0) is 20.8 Å². The minimum Gasteiger partial charge on any atom is -0.481 e. The summed E-state index contributed by atoms with van der Waals surface area (Å²) in [6.45, 7) is 0. The van der Waals surface area contributed by atoms with Crippen LogP contribution in [0.1, 0.15) is 30.0 Å². The molecule has 0 bridgehead atoms. The van der Waals surface area contributed by atoms with Gasteiger partial charge < -0.3 is 10.4 Å². The van der Waals surface area contributed by atoms with Crippen LogP contribution in [0.3, 0.4) is 0 Å². The molecule has 27 heavy (non-hydrogen) atoms. The first kappa shape index (κ1) is 20.1. The zero-order valence-corrected chi connectivity index (χ0v) is 14.7. The summed E-state index contributed by atoms with van der Waals surface area (Å²) < 4.78 is 0. The maximum absolute atomic E-state index is 12.8. The summed E-state index contributed by atoms with van der Waals surface area (Å²) in [5.74, 6) is -2.92. The molecule has 7 heteroatoms. The molecule has 0 aromatic heterocycles. The van der Waals surface area contributed by atoms with E-state index in [1.807, 2.05) is 30.3 Å². The van der Waals surface area contributed by atoms with Gasteiger partial charge in [0, 0.05) is 6.42 Å². The average molecular weight is 370 g/mol. The molecule has 0 radical (unpaired) electrons. The lowest BCUT2D eigenvalue weighted by atomic mass is 9.93. The molecular formula is C20H22N2O5. The Bertz CT molecular complexity index is 764. The maximum Gasteiger partial charge on any atom is 0.305 e. The van der Waals surface area contributed by atoms with Gasteiger partial charge in [-0.25, -0.2) is 5.48 Å². The number of carbonyl (C=O) groups excluding carboxylic acids is 2. The molecule has 0 heterocycles. The highest BCUT2D eigenvalue weighted by atomic mass is 16.5. The molecule has 0 aliphatic carbocycles.